The fraction of sp³-hybridized carbons (Fsp3) is 0.0714. The van der Waals surface area contributed by atoms with E-state index in [0.29, 0.717) is 17.0 Å². The number of hydrogen-bond donors (Lipinski definition) is 2. The third-order valence-corrected chi connectivity index (χ3v) is 3.67. The zero-order valence-electron chi connectivity index (χ0n) is 10.1. The highest BCUT2D eigenvalue weighted by molar-refractivity contribution is 7.98. The summed E-state index contributed by atoms with van der Waals surface area (Å²) in [5, 5.41) is 0. The lowest BCUT2D eigenvalue weighted by Crippen LogP contribution is -2.11. The number of anilines is 1. The summed E-state index contributed by atoms with van der Waals surface area (Å²) in [5.74, 6) is -0.565. The molecule has 2 rings (SSSR count). The Morgan fingerprint density at radius 2 is 1.84 bits per heavy atom. The van der Waals surface area contributed by atoms with E-state index in [-0.39, 0.29) is 5.56 Å². The SMILES string of the molecule is NC(=O)c1ccc(CSc2ccc(N)cc2)c(F)c1. The molecule has 0 aromatic heterocycles. The highest BCUT2D eigenvalue weighted by Gasteiger charge is 2.07. The summed E-state index contributed by atoms with van der Waals surface area (Å²) in [4.78, 5) is 11.9. The maximum absolute atomic E-state index is 13.7. The molecule has 0 aliphatic heterocycles. The van der Waals surface area contributed by atoms with Crippen LogP contribution < -0.4 is 11.5 Å². The van der Waals surface area contributed by atoms with Crippen LogP contribution in [0.5, 0.6) is 0 Å². The Morgan fingerprint density at radius 1 is 1.16 bits per heavy atom. The summed E-state index contributed by atoms with van der Waals surface area (Å²) in [6, 6.07) is 11.7. The number of hydrogen-bond acceptors (Lipinski definition) is 3. The molecule has 0 bridgehead atoms. The summed E-state index contributed by atoms with van der Waals surface area (Å²) in [7, 11) is 0. The van der Waals surface area contributed by atoms with Gasteiger partial charge in [0.2, 0.25) is 5.91 Å². The number of benzene rings is 2. The zero-order valence-corrected chi connectivity index (χ0v) is 10.9. The maximum Gasteiger partial charge on any atom is 0.248 e. The van der Waals surface area contributed by atoms with Crippen molar-refractivity contribution in [2.75, 3.05) is 5.73 Å². The van der Waals surface area contributed by atoms with E-state index in [2.05, 4.69) is 0 Å². The van der Waals surface area contributed by atoms with Gasteiger partial charge in [0.15, 0.2) is 0 Å². The molecule has 0 spiro atoms. The van der Waals surface area contributed by atoms with Crippen molar-refractivity contribution >= 4 is 23.4 Å². The molecule has 98 valence electrons. The molecule has 0 fully saturated rings. The lowest BCUT2D eigenvalue weighted by atomic mass is 10.1. The minimum Gasteiger partial charge on any atom is -0.399 e. The molecular formula is C14H13FN2OS. The van der Waals surface area contributed by atoms with E-state index < -0.39 is 11.7 Å². The second-order valence-corrected chi connectivity index (χ2v) is 5.08. The predicted octanol–water partition coefficient (Wildman–Crippen LogP) is 2.80. The predicted molar refractivity (Wildman–Crippen MR) is 75.3 cm³/mol. The summed E-state index contributed by atoms with van der Waals surface area (Å²) in [6.45, 7) is 0. The first-order valence-corrected chi connectivity index (χ1v) is 6.61. The Labute approximate surface area is 114 Å². The van der Waals surface area contributed by atoms with Gasteiger partial charge in [0.1, 0.15) is 5.82 Å². The van der Waals surface area contributed by atoms with Crippen molar-refractivity contribution in [3.63, 3.8) is 0 Å². The van der Waals surface area contributed by atoms with Gasteiger partial charge >= 0.3 is 0 Å². The van der Waals surface area contributed by atoms with Gasteiger partial charge in [-0.25, -0.2) is 4.39 Å². The van der Waals surface area contributed by atoms with Crippen LogP contribution in [0.15, 0.2) is 47.4 Å². The van der Waals surface area contributed by atoms with Crippen molar-refractivity contribution in [2.24, 2.45) is 5.73 Å². The van der Waals surface area contributed by atoms with Crippen molar-refractivity contribution in [3.05, 3.63) is 59.4 Å². The quantitative estimate of drug-likeness (QED) is 0.666. The zero-order chi connectivity index (χ0) is 13.8. The Balaban J connectivity index is 2.07. The summed E-state index contributed by atoms with van der Waals surface area (Å²) in [5.41, 5.74) is 12.1. The lowest BCUT2D eigenvalue weighted by molar-refractivity contribution is 0.1000. The van der Waals surface area contributed by atoms with Crippen molar-refractivity contribution in [3.8, 4) is 0 Å². The molecule has 19 heavy (non-hydrogen) atoms. The van der Waals surface area contributed by atoms with Crippen molar-refractivity contribution in [1.29, 1.82) is 0 Å². The normalized spacial score (nSPS) is 10.4. The maximum atomic E-state index is 13.7. The van der Waals surface area contributed by atoms with Gasteiger partial charge in [0.05, 0.1) is 0 Å². The number of carbonyl (C=O) groups is 1. The average molecular weight is 276 g/mol. The van der Waals surface area contributed by atoms with Crippen LogP contribution in [0.4, 0.5) is 10.1 Å². The largest absolute Gasteiger partial charge is 0.399 e. The number of nitrogen functional groups attached to an aromatic ring is 1. The fourth-order valence-corrected chi connectivity index (χ4v) is 2.43. The smallest absolute Gasteiger partial charge is 0.248 e. The van der Waals surface area contributed by atoms with Crippen LogP contribution in [0.2, 0.25) is 0 Å². The number of thioether (sulfide) groups is 1. The first-order chi connectivity index (χ1) is 9.06. The van der Waals surface area contributed by atoms with Crippen LogP contribution in [0.1, 0.15) is 15.9 Å². The molecule has 0 heterocycles. The van der Waals surface area contributed by atoms with Gasteiger partial charge in [-0.1, -0.05) is 6.07 Å². The van der Waals surface area contributed by atoms with Crippen molar-refractivity contribution in [2.45, 2.75) is 10.6 Å². The highest BCUT2D eigenvalue weighted by atomic mass is 32.2. The van der Waals surface area contributed by atoms with E-state index in [0.717, 1.165) is 4.90 Å². The molecular weight excluding hydrogens is 263 g/mol. The number of nitrogens with two attached hydrogens (primary N) is 2. The van der Waals surface area contributed by atoms with Crippen LogP contribution >= 0.6 is 11.8 Å². The Hall–Kier alpha value is -2.01. The molecule has 0 atom stereocenters. The van der Waals surface area contributed by atoms with Gasteiger partial charge in [-0.15, -0.1) is 11.8 Å². The Morgan fingerprint density at radius 3 is 2.42 bits per heavy atom. The van der Waals surface area contributed by atoms with Crippen molar-refractivity contribution in [1.82, 2.24) is 0 Å². The van der Waals surface area contributed by atoms with Gasteiger partial charge in [-0.05, 0) is 42.0 Å². The molecule has 0 aliphatic rings. The summed E-state index contributed by atoms with van der Waals surface area (Å²) in [6.07, 6.45) is 0. The standard InChI is InChI=1S/C14H13FN2OS/c15-13-7-9(14(17)18)1-2-10(13)8-19-12-5-3-11(16)4-6-12/h1-7H,8,16H2,(H2,17,18). The third-order valence-electron chi connectivity index (χ3n) is 2.61. The van der Waals surface area contributed by atoms with Crippen LogP contribution in [0.3, 0.4) is 0 Å². The van der Waals surface area contributed by atoms with Crippen LogP contribution in [-0.2, 0) is 5.75 Å². The molecule has 3 nitrogen and oxygen atoms in total. The van der Waals surface area contributed by atoms with E-state index in [1.54, 1.807) is 18.2 Å². The molecule has 0 saturated heterocycles. The first-order valence-electron chi connectivity index (χ1n) is 5.63. The van der Waals surface area contributed by atoms with Gasteiger partial charge in [0.25, 0.3) is 0 Å². The second kappa shape index (κ2) is 5.75. The van der Waals surface area contributed by atoms with Crippen LogP contribution in [0, 0.1) is 5.82 Å². The van der Waals surface area contributed by atoms with Gasteiger partial charge in [-0.2, -0.15) is 0 Å². The van der Waals surface area contributed by atoms with Crippen LogP contribution in [-0.4, -0.2) is 5.91 Å². The molecule has 4 N–H and O–H groups in total. The van der Waals surface area contributed by atoms with E-state index in [4.69, 9.17) is 11.5 Å². The average Bonchev–Trinajstić information content (AvgIpc) is 2.39. The van der Waals surface area contributed by atoms with E-state index >= 15 is 0 Å². The summed E-state index contributed by atoms with van der Waals surface area (Å²) < 4.78 is 13.7. The molecule has 2 aromatic carbocycles. The number of primary amides is 1. The lowest BCUT2D eigenvalue weighted by Gasteiger charge is -2.05. The number of halogens is 1. The number of rotatable bonds is 4. The first kappa shape index (κ1) is 13.4. The molecule has 0 aliphatic carbocycles. The molecule has 1 amide bonds. The third kappa shape index (κ3) is 3.48. The topological polar surface area (TPSA) is 69.1 Å². The minimum absolute atomic E-state index is 0.179. The summed E-state index contributed by atoms with van der Waals surface area (Å²) >= 11 is 1.50. The molecule has 5 heteroatoms. The molecule has 0 unspecified atom stereocenters. The van der Waals surface area contributed by atoms with Gasteiger partial charge in [0, 0.05) is 21.9 Å². The minimum atomic E-state index is -0.628. The highest BCUT2D eigenvalue weighted by Crippen LogP contribution is 2.25. The molecule has 2 aromatic rings. The molecule has 0 radical (unpaired) electrons. The Bertz CT molecular complexity index is 599. The molecule has 0 saturated carbocycles. The van der Waals surface area contributed by atoms with E-state index in [9.17, 15) is 9.18 Å². The monoisotopic (exact) mass is 276 g/mol. The Kier molecular flexibility index (Phi) is 4.06. The van der Waals surface area contributed by atoms with E-state index in [1.165, 1.54) is 23.9 Å². The van der Waals surface area contributed by atoms with Crippen molar-refractivity contribution < 1.29 is 9.18 Å². The number of amides is 1. The van der Waals surface area contributed by atoms with E-state index in [1.807, 2.05) is 12.1 Å². The van der Waals surface area contributed by atoms with Gasteiger partial charge in [-0.3, -0.25) is 4.79 Å². The second-order valence-electron chi connectivity index (χ2n) is 4.03. The number of carbonyl (C=O) groups excluding carboxylic acids is 1. The van der Waals surface area contributed by atoms with Crippen LogP contribution in [0.25, 0.3) is 0 Å². The van der Waals surface area contributed by atoms with Gasteiger partial charge < -0.3 is 11.5 Å². The fourth-order valence-electron chi connectivity index (χ4n) is 1.54.